The first kappa shape index (κ1) is 20.2. The van der Waals surface area contributed by atoms with Gasteiger partial charge in [-0.2, -0.15) is 0 Å². The minimum atomic E-state index is -0.501. The fourth-order valence-corrected chi connectivity index (χ4v) is 3.10. The van der Waals surface area contributed by atoms with Gasteiger partial charge in [0, 0.05) is 5.56 Å². The van der Waals surface area contributed by atoms with Crippen molar-refractivity contribution in [3.05, 3.63) is 64.4 Å². The van der Waals surface area contributed by atoms with Crippen LogP contribution in [-0.4, -0.2) is 33.8 Å². The van der Waals surface area contributed by atoms with Crippen LogP contribution in [0.25, 0.3) is 0 Å². The van der Waals surface area contributed by atoms with E-state index in [2.05, 4.69) is 31.8 Å². The van der Waals surface area contributed by atoms with Crippen LogP contribution < -0.4 is 10.1 Å². The average Bonchev–Trinajstić information content (AvgIpc) is 3.29. The largest absolute Gasteiger partial charge is 0.487 e. The number of benzene rings is 1. The molecule has 0 saturated heterocycles. The van der Waals surface area contributed by atoms with Gasteiger partial charge in [0.25, 0.3) is 5.91 Å². The summed E-state index contributed by atoms with van der Waals surface area (Å²) in [5, 5.41) is 10.4. The van der Waals surface area contributed by atoms with Crippen LogP contribution in [0.2, 0.25) is 0 Å². The van der Waals surface area contributed by atoms with E-state index in [1.165, 1.54) is 6.08 Å². The van der Waals surface area contributed by atoms with Crippen LogP contribution in [0.4, 0.5) is 5.13 Å². The lowest BCUT2D eigenvalue weighted by Gasteiger charge is -2.06. The van der Waals surface area contributed by atoms with Gasteiger partial charge in [0.1, 0.15) is 35.2 Å². The number of thiazole rings is 1. The van der Waals surface area contributed by atoms with Gasteiger partial charge in [0.05, 0.1) is 5.69 Å². The number of esters is 1. The normalized spacial score (nSPS) is 10.4. The van der Waals surface area contributed by atoms with Crippen molar-refractivity contribution >= 4 is 28.3 Å². The number of carbonyl (C=O) groups excluding carboxylic acids is 2. The van der Waals surface area contributed by atoms with Crippen molar-refractivity contribution in [3.8, 4) is 5.75 Å². The number of hydrogen-bond acceptors (Lipinski definition) is 9. The molecule has 1 aromatic carbocycles. The standard InChI is InChI=1S/C19H18N4O5S/c1-4-9-26-18(25)16-12(3)20-19(29-16)21-17(24)13-5-7-14(8-6-13)27-10-15-11(2)22-28-23-15/h4-8H,1,9-10H2,2-3H3,(H,20,21,24). The maximum atomic E-state index is 12.4. The summed E-state index contributed by atoms with van der Waals surface area (Å²) in [6.45, 7) is 7.27. The Hall–Kier alpha value is -3.53. The van der Waals surface area contributed by atoms with Crippen LogP contribution in [0.5, 0.6) is 5.75 Å². The van der Waals surface area contributed by atoms with Gasteiger partial charge in [-0.15, -0.1) is 0 Å². The number of nitrogens with zero attached hydrogens (tertiary/aromatic N) is 3. The molecule has 9 nitrogen and oxygen atoms in total. The van der Waals surface area contributed by atoms with E-state index in [1.54, 1.807) is 38.1 Å². The molecule has 29 heavy (non-hydrogen) atoms. The second kappa shape index (κ2) is 9.11. The highest BCUT2D eigenvalue weighted by molar-refractivity contribution is 7.17. The first-order valence-corrected chi connectivity index (χ1v) is 9.37. The Balaban J connectivity index is 1.60. The molecule has 0 unspecified atom stereocenters. The molecule has 2 aromatic heterocycles. The number of anilines is 1. The van der Waals surface area contributed by atoms with Crippen LogP contribution in [0.3, 0.4) is 0 Å². The number of nitrogens with one attached hydrogen (secondary N) is 1. The topological polar surface area (TPSA) is 116 Å². The Labute approximate surface area is 170 Å². The molecule has 2 heterocycles. The maximum absolute atomic E-state index is 12.4. The van der Waals surface area contributed by atoms with E-state index in [9.17, 15) is 9.59 Å². The number of rotatable bonds is 8. The van der Waals surface area contributed by atoms with E-state index in [4.69, 9.17) is 9.47 Å². The molecule has 10 heteroatoms. The molecule has 1 N–H and O–H groups in total. The molecule has 0 saturated carbocycles. The molecule has 0 radical (unpaired) electrons. The summed E-state index contributed by atoms with van der Waals surface area (Å²) in [7, 11) is 0. The zero-order chi connectivity index (χ0) is 20.8. The zero-order valence-corrected chi connectivity index (χ0v) is 16.6. The third kappa shape index (κ3) is 5.05. The zero-order valence-electron chi connectivity index (χ0n) is 15.8. The Kier molecular flexibility index (Phi) is 6.35. The lowest BCUT2D eigenvalue weighted by Crippen LogP contribution is -2.11. The summed E-state index contributed by atoms with van der Waals surface area (Å²) in [5.41, 5.74) is 2.17. The fraction of sp³-hybridized carbons (Fsp3) is 0.211. The number of carbonyl (C=O) groups is 2. The summed E-state index contributed by atoms with van der Waals surface area (Å²) in [6, 6.07) is 6.59. The van der Waals surface area contributed by atoms with Gasteiger partial charge in [-0.3, -0.25) is 10.1 Å². The Morgan fingerprint density at radius 3 is 2.62 bits per heavy atom. The van der Waals surface area contributed by atoms with Gasteiger partial charge in [-0.1, -0.05) is 34.3 Å². The molecular formula is C19H18N4O5S. The summed E-state index contributed by atoms with van der Waals surface area (Å²) < 4.78 is 15.2. The van der Waals surface area contributed by atoms with Crippen molar-refractivity contribution in [3.63, 3.8) is 0 Å². The van der Waals surface area contributed by atoms with Crippen LogP contribution in [0, 0.1) is 13.8 Å². The van der Waals surface area contributed by atoms with E-state index < -0.39 is 5.97 Å². The Bertz CT molecular complexity index is 1030. The molecule has 150 valence electrons. The third-order valence-corrected chi connectivity index (χ3v) is 4.83. The van der Waals surface area contributed by atoms with Crippen molar-refractivity contribution < 1.29 is 23.7 Å². The van der Waals surface area contributed by atoms with E-state index in [1.807, 2.05) is 0 Å². The second-order valence-electron chi connectivity index (χ2n) is 5.88. The van der Waals surface area contributed by atoms with Crippen LogP contribution >= 0.6 is 11.3 Å². The summed E-state index contributed by atoms with van der Waals surface area (Å²) >= 11 is 1.05. The molecule has 0 aliphatic rings. The average molecular weight is 414 g/mol. The highest BCUT2D eigenvalue weighted by Crippen LogP contribution is 2.24. The minimum absolute atomic E-state index is 0.110. The smallest absolute Gasteiger partial charge is 0.350 e. The monoisotopic (exact) mass is 414 g/mol. The van der Waals surface area contributed by atoms with E-state index in [0.717, 1.165) is 11.3 Å². The maximum Gasteiger partial charge on any atom is 0.350 e. The quantitative estimate of drug-likeness (QED) is 0.441. The molecule has 3 aromatic rings. The predicted molar refractivity (Wildman–Crippen MR) is 105 cm³/mol. The lowest BCUT2D eigenvalue weighted by atomic mass is 10.2. The van der Waals surface area contributed by atoms with E-state index >= 15 is 0 Å². The molecule has 0 aliphatic carbocycles. The Morgan fingerprint density at radius 1 is 1.21 bits per heavy atom. The van der Waals surface area contributed by atoms with Crippen molar-refractivity contribution in [1.82, 2.24) is 15.3 Å². The van der Waals surface area contributed by atoms with Gasteiger partial charge < -0.3 is 9.47 Å². The summed E-state index contributed by atoms with van der Waals surface area (Å²) in [5.74, 6) is -0.284. The van der Waals surface area contributed by atoms with Crippen molar-refractivity contribution in [1.29, 1.82) is 0 Å². The highest BCUT2D eigenvalue weighted by Gasteiger charge is 2.18. The molecule has 0 spiro atoms. The molecular weight excluding hydrogens is 396 g/mol. The van der Waals surface area contributed by atoms with Gasteiger partial charge in [-0.05, 0) is 38.1 Å². The molecule has 0 aliphatic heterocycles. The Morgan fingerprint density at radius 2 is 1.97 bits per heavy atom. The first-order valence-electron chi connectivity index (χ1n) is 8.55. The van der Waals surface area contributed by atoms with Gasteiger partial charge in [-0.25, -0.2) is 14.4 Å². The second-order valence-corrected chi connectivity index (χ2v) is 6.88. The third-order valence-electron chi connectivity index (χ3n) is 3.77. The first-order chi connectivity index (χ1) is 14.0. The predicted octanol–water partition coefficient (Wildman–Crippen LogP) is 3.32. The molecule has 1 amide bonds. The lowest BCUT2D eigenvalue weighted by molar-refractivity contribution is 0.0554. The van der Waals surface area contributed by atoms with Gasteiger partial charge in [0.2, 0.25) is 0 Å². The number of aromatic nitrogens is 3. The van der Waals surface area contributed by atoms with Crippen molar-refractivity contribution in [2.75, 3.05) is 11.9 Å². The fourth-order valence-electron chi connectivity index (χ4n) is 2.24. The number of hydrogen-bond donors (Lipinski definition) is 1. The number of ether oxygens (including phenoxy) is 2. The highest BCUT2D eigenvalue weighted by atomic mass is 32.1. The van der Waals surface area contributed by atoms with Crippen molar-refractivity contribution in [2.24, 2.45) is 0 Å². The molecule has 0 fully saturated rings. The summed E-state index contributed by atoms with van der Waals surface area (Å²) in [4.78, 5) is 28.9. The SMILES string of the molecule is C=CCOC(=O)c1sc(NC(=O)c2ccc(OCc3nonc3C)cc2)nc1C. The van der Waals surface area contributed by atoms with E-state index in [-0.39, 0.29) is 19.1 Å². The van der Waals surface area contributed by atoms with Crippen molar-refractivity contribution in [2.45, 2.75) is 20.5 Å². The van der Waals surface area contributed by atoms with Crippen LogP contribution in [0.1, 0.15) is 37.1 Å². The summed E-state index contributed by atoms with van der Waals surface area (Å²) in [6.07, 6.45) is 1.48. The number of amides is 1. The number of aryl methyl sites for hydroxylation is 2. The van der Waals surface area contributed by atoms with E-state index in [0.29, 0.717) is 38.4 Å². The van der Waals surface area contributed by atoms with Crippen LogP contribution in [0.15, 0.2) is 41.5 Å². The molecule has 0 atom stereocenters. The molecule has 0 bridgehead atoms. The minimum Gasteiger partial charge on any atom is -0.487 e. The van der Waals surface area contributed by atoms with Crippen LogP contribution in [-0.2, 0) is 11.3 Å². The van der Waals surface area contributed by atoms with Gasteiger partial charge in [0.15, 0.2) is 5.13 Å². The molecule has 3 rings (SSSR count). The van der Waals surface area contributed by atoms with Gasteiger partial charge >= 0.3 is 5.97 Å².